The minimum absolute atomic E-state index is 0.0531. The molecule has 5 nitrogen and oxygen atoms in total. The van der Waals surface area contributed by atoms with Crippen LogP contribution in [0.25, 0.3) is 0 Å². The monoisotopic (exact) mass is 477 g/mol. The topological polar surface area (TPSA) is 74.8 Å². The van der Waals surface area contributed by atoms with Gasteiger partial charge in [-0.05, 0) is 45.3 Å². The van der Waals surface area contributed by atoms with Crippen molar-refractivity contribution in [1.29, 1.82) is 0 Å². The van der Waals surface area contributed by atoms with E-state index in [1.165, 1.54) is 12.1 Å². The summed E-state index contributed by atoms with van der Waals surface area (Å²) in [5.74, 6) is -1.15. The first-order valence-corrected chi connectivity index (χ1v) is 10.5. The standard InChI is InChI=1S/C20H14BrF2N3O2S/c21-13-7-10(5-6-15(13)23)12-8-16(27)24-18-17(12)19(28)26-20(25-18)29-9-11-3-1-2-4-14(11)22/h1-7,12H,8-9H2,(H2,24,25,26,27,28)/t12-/m0/s1. The number of aromatic amines is 1. The average Bonchev–Trinajstić information content (AvgIpc) is 2.68. The number of nitrogens with zero attached hydrogens (tertiary/aromatic N) is 1. The van der Waals surface area contributed by atoms with Gasteiger partial charge < -0.3 is 10.3 Å². The molecule has 0 radical (unpaired) electrons. The van der Waals surface area contributed by atoms with E-state index in [0.717, 1.165) is 11.8 Å². The van der Waals surface area contributed by atoms with Gasteiger partial charge in [0.1, 0.15) is 17.5 Å². The summed E-state index contributed by atoms with van der Waals surface area (Å²) >= 11 is 4.30. The highest BCUT2D eigenvalue weighted by Crippen LogP contribution is 2.36. The summed E-state index contributed by atoms with van der Waals surface area (Å²) in [5, 5.41) is 2.91. The van der Waals surface area contributed by atoms with Crippen LogP contribution in [0.5, 0.6) is 0 Å². The molecular weight excluding hydrogens is 464 g/mol. The lowest BCUT2D eigenvalue weighted by atomic mass is 9.87. The van der Waals surface area contributed by atoms with E-state index in [4.69, 9.17) is 0 Å². The van der Waals surface area contributed by atoms with E-state index in [2.05, 4.69) is 31.2 Å². The molecule has 0 bridgehead atoms. The van der Waals surface area contributed by atoms with Crippen LogP contribution in [-0.2, 0) is 10.5 Å². The van der Waals surface area contributed by atoms with Crippen molar-refractivity contribution >= 4 is 39.4 Å². The number of benzene rings is 2. The Hall–Kier alpha value is -2.52. The van der Waals surface area contributed by atoms with Gasteiger partial charge in [0.15, 0.2) is 5.16 Å². The maximum Gasteiger partial charge on any atom is 0.257 e. The number of fused-ring (bicyclic) bond motifs is 1. The first-order chi connectivity index (χ1) is 13.9. The Morgan fingerprint density at radius 2 is 1.93 bits per heavy atom. The predicted octanol–water partition coefficient (Wildman–Crippen LogP) is 4.58. The number of halogens is 3. The van der Waals surface area contributed by atoms with Crippen LogP contribution in [0.15, 0.2) is 56.9 Å². The lowest BCUT2D eigenvalue weighted by Gasteiger charge is -2.24. The fourth-order valence-corrected chi connectivity index (χ4v) is 4.44. The zero-order valence-corrected chi connectivity index (χ0v) is 17.2. The van der Waals surface area contributed by atoms with Crippen LogP contribution in [-0.4, -0.2) is 15.9 Å². The molecule has 4 rings (SSSR count). The lowest BCUT2D eigenvalue weighted by molar-refractivity contribution is -0.116. The average molecular weight is 478 g/mol. The SMILES string of the molecule is O=C1C[C@@H](c2ccc(F)c(Br)c2)c2c(nc(SCc3ccccc3F)[nH]c2=O)N1. The summed E-state index contributed by atoms with van der Waals surface area (Å²) in [6.45, 7) is 0. The Bertz CT molecular complexity index is 1170. The van der Waals surface area contributed by atoms with Gasteiger partial charge in [-0.2, -0.15) is 0 Å². The molecule has 0 saturated heterocycles. The minimum Gasteiger partial charge on any atom is -0.310 e. The second-order valence-electron chi connectivity index (χ2n) is 6.49. The van der Waals surface area contributed by atoms with Gasteiger partial charge in [-0.25, -0.2) is 13.8 Å². The minimum atomic E-state index is -0.544. The van der Waals surface area contributed by atoms with Gasteiger partial charge in [-0.3, -0.25) is 9.59 Å². The molecule has 1 aliphatic heterocycles. The van der Waals surface area contributed by atoms with Crippen LogP contribution >= 0.6 is 27.7 Å². The first-order valence-electron chi connectivity index (χ1n) is 8.67. The van der Waals surface area contributed by atoms with Crippen molar-refractivity contribution in [3.8, 4) is 0 Å². The molecule has 2 N–H and O–H groups in total. The van der Waals surface area contributed by atoms with E-state index in [0.29, 0.717) is 16.7 Å². The van der Waals surface area contributed by atoms with Gasteiger partial charge in [0.2, 0.25) is 5.91 Å². The molecule has 0 aliphatic carbocycles. The zero-order valence-electron chi connectivity index (χ0n) is 14.8. The predicted molar refractivity (Wildman–Crippen MR) is 110 cm³/mol. The van der Waals surface area contributed by atoms with E-state index in [1.807, 2.05) is 0 Å². The third kappa shape index (κ3) is 4.11. The molecular formula is C20H14BrF2N3O2S. The summed E-state index contributed by atoms with van der Waals surface area (Å²) in [7, 11) is 0. The molecule has 0 unspecified atom stereocenters. The van der Waals surface area contributed by atoms with E-state index in [-0.39, 0.29) is 39.3 Å². The molecule has 148 valence electrons. The van der Waals surface area contributed by atoms with Gasteiger partial charge >= 0.3 is 0 Å². The molecule has 0 spiro atoms. The van der Waals surface area contributed by atoms with E-state index < -0.39 is 17.3 Å². The number of carbonyl (C=O) groups is 1. The van der Waals surface area contributed by atoms with Crippen molar-refractivity contribution < 1.29 is 13.6 Å². The van der Waals surface area contributed by atoms with Gasteiger partial charge in [-0.15, -0.1) is 0 Å². The molecule has 1 aliphatic rings. The van der Waals surface area contributed by atoms with Crippen LogP contribution in [0.3, 0.4) is 0 Å². The number of H-pyrrole nitrogens is 1. The quantitative estimate of drug-likeness (QED) is 0.426. The van der Waals surface area contributed by atoms with Gasteiger partial charge in [0.25, 0.3) is 5.56 Å². The molecule has 29 heavy (non-hydrogen) atoms. The molecule has 2 heterocycles. The maximum absolute atomic E-state index is 13.8. The molecule has 0 fully saturated rings. The highest BCUT2D eigenvalue weighted by Gasteiger charge is 2.31. The number of rotatable bonds is 4. The smallest absolute Gasteiger partial charge is 0.257 e. The Morgan fingerprint density at radius 3 is 2.69 bits per heavy atom. The number of anilines is 1. The summed E-state index contributed by atoms with van der Waals surface area (Å²) in [4.78, 5) is 32.0. The number of aromatic nitrogens is 2. The molecule has 1 atom stereocenters. The molecule has 1 amide bonds. The van der Waals surface area contributed by atoms with Gasteiger partial charge in [0, 0.05) is 18.1 Å². The third-order valence-electron chi connectivity index (χ3n) is 4.60. The van der Waals surface area contributed by atoms with Crippen molar-refractivity contribution in [2.75, 3.05) is 5.32 Å². The van der Waals surface area contributed by atoms with Crippen molar-refractivity contribution in [3.05, 3.63) is 85.6 Å². The number of carbonyl (C=O) groups excluding carboxylic acids is 1. The number of thioether (sulfide) groups is 1. The molecule has 3 aromatic rings. The molecule has 0 saturated carbocycles. The Morgan fingerprint density at radius 1 is 1.14 bits per heavy atom. The van der Waals surface area contributed by atoms with E-state index >= 15 is 0 Å². The maximum atomic E-state index is 13.8. The molecule has 9 heteroatoms. The number of nitrogens with one attached hydrogen (secondary N) is 2. The van der Waals surface area contributed by atoms with Crippen molar-refractivity contribution in [2.45, 2.75) is 23.2 Å². The van der Waals surface area contributed by atoms with Crippen LogP contribution in [0.1, 0.15) is 29.0 Å². The fraction of sp³-hybridized carbons (Fsp3) is 0.150. The van der Waals surface area contributed by atoms with Crippen molar-refractivity contribution in [2.24, 2.45) is 0 Å². The van der Waals surface area contributed by atoms with Crippen LogP contribution in [0, 0.1) is 11.6 Å². The highest BCUT2D eigenvalue weighted by atomic mass is 79.9. The Kier molecular flexibility index (Phi) is 5.51. The molecule has 2 aromatic carbocycles. The van der Waals surface area contributed by atoms with Crippen LogP contribution < -0.4 is 10.9 Å². The van der Waals surface area contributed by atoms with Crippen LogP contribution in [0.4, 0.5) is 14.6 Å². The van der Waals surface area contributed by atoms with Gasteiger partial charge in [0.05, 0.1) is 10.0 Å². The largest absolute Gasteiger partial charge is 0.310 e. The normalized spacial score (nSPS) is 15.7. The summed E-state index contributed by atoms with van der Waals surface area (Å²) in [6, 6.07) is 10.7. The Balaban J connectivity index is 1.67. The second kappa shape index (κ2) is 8.08. The number of hydrogen-bond acceptors (Lipinski definition) is 4. The fourth-order valence-electron chi connectivity index (χ4n) is 3.19. The van der Waals surface area contributed by atoms with Gasteiger partial charge in [-0.1, -0.05) is 36.0 Å². The van der Waals surface area contributed by atoms with E-state index in [9.17, 15) is 18.4 Å². The second-order valence-corrected chi connectivity index (χ2v) is 8.31. The summed E-state index contributed by atoms with van der Waals surface area (Å²) in [5.41, 5.74) is 1.04. The highest BCUT2D eigenvalue weighted by molar-refractivity contribution is 9.10. The van der Waals surface area contributed by atoms with Crippen LogP contribution in [0.2, 0.25) is 0 Å². The number of hydrogen-bond donors (Lipinski definition) is 2. The Labute approximate surface area is 177 Å². The summed E-state index contributed by atoms with van der Waals surface area (Å²) in [6.07, 6.45) is 0.0531. The lowest BCUT2D eigenvalue weighted by Crippen LogP contribution is -2.31. The third-order valence-corrected chi connectivity index (χ3v) is 6.13. The van der Waals surface area contributed by atoms with Crippen molar-refractivity contribution in [3.63, 3.8) is 0 Å². The van der Waals surface area contributed by atoms with E-state index in [1.54, 1.807) is 30.3 Å². The zero-order chi connectivity index (χ0) is 20.5. The van der Waals surface area contributed by atoms with Crippen molar-refractivity contribution in [1.82, 2.24) is 9.97 Å². The number of amides is 1. The molecule has 1 aromatic heterocycles. The first kappa shape index (κ1) is 19.8. The summed E-state index contributed by atoms with van der Waals surface area (Å²) < 4.78 is 27.6.